The Hall–Kier alpha value is -0.130. The second-order valence-corrected chi connectivity index (χ2v) is 6.81. The lowest BCUT2D eigenvalue weighted by Gasteiger charge is -2.12. The van der Waals surface area contributed by atoms with Crippen LogP contribution in [0.25, 0.3) is 0 Å². The molecule has 0 bridgehead atoms. The fraction of sp³-hybridized carbons (Fsp3) is 0.833. The molecule has 1 aromatic heterocycles. The number of thioether (sulfide) groups is 1. The molecule has 1 unspecified atom stereocenters. The van der Waals surface area contributed by atoms with Gasteiger partial charge < -0.3 is 5.32 Å². The summed E-state index contributed by atoms with van der Waals surface area (Å²) in [5, 5.41) is 12.7. The van der Waals surface area contributed by atoms with E-state index in [2.05, 4.69) is 29.4 Å². The first-order chi connectivity index (χ1) is 8.22. The van der Waals surface area contributed by atoms with E-state index in [0.29, 0.717) is 6.04 Å². The van der Waals surface area contributed by atoms with Gasteiger partial charge in [-0.05, 0) is 20.3 Å². The zero-order chi connectivity index (χ0) is 12.5. The number of hydrogen-bond donors (Lipinski definition) is 1. The van der Waals surface area contributed by atoms with Crippen molar-refractivity contribution in [2.45, 2.75) is 56.8 Å². The van der Waals surface area contributed by atoms with Crippen molar-refractivity contribution >= 4 is 23.1 Å². The normalized spacial score (nSPS) is 12.9. The summed E-state index contributed by atoms with van der Waals surface area (Å²) in [6.07, 6.45) is 5.29. The summed E-state index contributed by atoms with van der Waals surface area (Å²) in [6.45, 7) is 7.57. The average molecular weight is 273 g/mol. The van der Waals surface area contributed by atoms with Crippen molar-refractivity contribution in [1.82, 2.24) is 15.5 Å². The highest BCUT2D eigenvalue weighted by Crippen LogP contribution is 2.20. The third-order valence-corrected chi connectivity index (χ3v) is 4.54. The number of rotatable bonds is 9. The highest BCUT2D eigenvalue weighted by atomic mass is 32.2. The van der Waals surface area contributed by atoms with Crippen molar-refractivity contribution in [3.05, 3.63) is 5.01 Å². The summed E-state index contributed by atoms with van der Waals surface area (Å²) in [5.74, 6) is 1.08. The second kappa shape index (κ2) is 8.89. The molecule has 0 radical (unpaired) electrons. The summed E-state index contributed by atoms with van der Waals surface area (Å²) in [4.78, 5) is 0. The Balaban J connectivity index is 2.00. The first-order valence-corrected chi connectivity index (χ1v) is 8.19. The molecule has 3 nitrogen and oxygen atoms in total. The predicted molar refractivity (Wildman–Crippen MR) is 77.0 cm³/mol. The minimum Gasteiger partial charge on any atom is -0.313 e. The maximum atomic E-state index is 4.10. The van der Waals surface area contributed by atoms with Gasteiger partial charge in [-0.2, -0.15) is 0 Å². The lowest BCUT2D eigenvalue weighted by Crippen LogP contribution is -2.28. The van der Waals surface area contributed by atoms with Crippen LogP contribution in [0, 0.1) is 6.92 Å². The van der Waals surface area contributed by atoms with Gasteiger partial charge in [0.2, 0.25) is 0 Å². The van der Waals surface area contributed by atoms with Crippen LogP contribution in [0.1, 0.15) is 44.5 Å². The van der Waals surface area contributed by atoms with E-state index in [1.54, 1.807) is 23.1 Å². The topological polar surface area (TPSA) is 37.8 Å². The summed E-state index contributed by atoms with van der Waals surface area (Å²) in [7, 11) is 0. The smallest absolute Gasteiger partial charge is 0.174 e. The van der Waals surface area contributed by atoms with Gasteiger partial charge in [0.15, 0.2) is 4.34 Å². The molecule has 1 atom stereocenters. The quantitative estimate of drug-likeness (QED) is 0.552. The van der Waals surface area contributed by atoms with Gasteiger partial charge in [0.25, 0.3) is 0 Å². The molecule has 0 aromatic carbocycles. The number of unbranched alkanes of at least 4 members (excludes halogenated alkanes) is 2. The van der Waals surface area contributed by atoms with Crippen LogP contribution in [0.2, 0.25) is 0 Å². The molecular weight excluding hydrogens is 250 g/mol. The highest BCUT2D eigenvalue weighted by molar-refractivity contribution is 8.01. The monoisotopic (exact) mass is 273 g/mol. The zero-order valence-electron chi connectivity index (χ0n) is 11.0. The second-order valence-electron chi connectivity index (χ2n) is 4.29. The first kappa shape index (κ1) is 14.9. The van der Waals surface area contributed by atoms with Gasteiger partial charge in [-0.15, -0.1) is 10.2 Å². The summed E-state index contributed by atoms with van der Waals surface area (Å²) >= 11 is 3.47. The Kier molecular flexibility index (Phi) is 7.81. The van der Waals surface area contributed by atoms with E-state index in [-0.39, 0.29) is 0 Å². The average Bonchev–Trinajstić information content (AvgIpc) is 2.71. The van der Waals surface area contributed by atoms with E-state index in [4.69, 9.17) is 0 Å². The summed E-state index contributed by atoms with van der Waals surface area (Å²) in [5.41, 5.74) is 0. The van der Waals surface area contributed by atoms with Gasteiger partial charge >= 0.3 is 0 Å². The van der Waals surface area contributed by atoms with Gasteiger partial charge in [0.1, 0.15) is 5.01 Å². The largest absolute Gasteiger partial charge is 0.313 e. The predicted octanol–water partition coefficient (Wildman–Crippen LogP) is 3.50. The van der Waals surface area contributed by atoms with Crippen LogP contribution in [-0.2, 0) is 0 Å². The van der Waals surface area contributed by atoms with Gasteiger partial charge in [-0.3, -0.25) is 0 Å². The maximum Gasteiger partial charge on any atom is 0.174 e. The molecule has 17 heavy (non-hydrogen) atoms. The zero-order valence-corrected chi connectivity index (χ0v) is 12.7. The minimum atomic E-state index is 0.637. The number of nitrogens with zero attached hydrogens (tertiary/aromatic N) is 2. The highest BCUT2D eigenvalue weighted by Gasteiger charge is 2.03. The van der Waals surface area contributed by atoms with Crippen molar-refractivity contribution in [2.24, 2.45) is 0 Å². The molecule has 0 saturated carbocycles. The molecule has 5 heteroatoms. The maximum absolute atomic E-state index is 4.10. The molecule has 0 aliphatic heterocycles. The Morgan fingerprint density at radius 2 is 2.18 bits per heavy atom. The van der Waals surface area contributed by atoms with Crippen molar-refractivity contribution < 1.29 is 0 Å². The molecule has 98 valence electrons. The van der Waals surface area contributed by atoms with Gasteiger partial charge in [-0.25, -0.2) is 0 Å². The lowest BCUT2D eigenvalue weighted by molar-refractivity contribution is 0.502. The van der Waals surface area contributed by atoms with Crippen LogP contribution in [0.4, 0.5) is 0 Å². The molecule has 0 aliphatic rings. The van der Waals surface area contributed by atoms with Crippen LogP contribution in [0.15, 0.2) is 4.34 Å². The molecule has 0 spiro atoms. The van der Waals surface area contributed by atoms with Crippen LogP contribution >= 0.6 is 23.1 Å². The Bertz CT molecular complexity index is 302. The Morgan fingerprint density at radius 3 is 2.82 bits per heavy atom. The molecule has 1 aromatic rings. The van der Waals surface area contributed by atoms with E-state index in [0.717, 1.165) is 21.6 Å². The van der Waals surface area contributed by atoms with Crippen molar-refractivity contribution in [1.29, 1.82) is 0 Å². The van der Waals surface area contributed by atoms with E-state index < -0.39 is 0 Å². The van der Waals surface area contributed by atoms with E-state index in [9.17, 15) is 0 Å². The molecule has 0 aliphatic carbocycles. The van der Waals surface area contributed by atoms with Crippen LogP contribution in [0.3, 0.4) is 0 Å². The van der Waals surface area contributed by atoms with E-state index in [1.807, 2.05) is 6.92 Å². The SMILES string of the molecule is CCCCCC(C)NCCSc1nnc(C)s1. The number of aryl methyl sites for hydroxylation is 1. The van der Waals surface area contributed by atoms with Crippen molar-refractivity contribution in [3.63, 3.8) is 0 Å². The molecule has 1 N–H and O–H groups in total. The van der Waals surface area contributed by atoms with Gasteiger partial charge in [-0.1, -0.05) is 49.3 Å². The molecule has 0 saturated heterocycles. The van der Waals surface area contributed by atoms with E-state index >= 15 is 0 Å². The van der Waals surface area contributed by atoms with Crippen LogP contribution < -0.4 is 5.32 Å². The number of nitrogens with one attached hydrogen (secondary N) is 1. The summed E-state index contributed by atoms with van der Waals surface area (Å²) in [6, 6.07) is 0.637. The van der Waals surface area contributed by atoms with Crippen molar-refractivity contribution in [2.75, 3.05) is 12.3 Å². The number of hydrogen-bond acceptors (Lipinski definition) is 5. The molecular formula is C12H23N3S2. The third-order valence-electron chi connectivity index (χ3n) is 2.57. The molecule has 0 amide bonds. The fourth-order valence-electron chi connectivity index (χ4n) is 1.58. The fourth-order valence-corrected chi connectivity index (χ4v) is 3.34. The van der Waals surface area contributed by atoms with E-state index in [1.165, 1.54) is 25.7 Å². The molecule has 0 fully saturated rings. The van der Waals surface area contributed by atoms with Crippen molar-refractivity contribution in [3.8, 4) is 0 Å². The number of aromatic nitrogens is 2. The van der Waals surface area contributed by atoms with Gasteiger partial charge in [0, 0.05) is 18.3 Å². The minimum absolute atomic E-state index is 0.637. The first-order valence-electron chi connectivity index (χ1n) is 6.38. The Morgan fingerprint density at radius 1 is 1.35 bits per heavy atom. The Labute approximate surface area is 113 Å². The standard InChI is InChI=1S/C12H23N3S2/c1-4-5-6-7-10(2)13-8-9-16-12-15-14-11(3)17-12/h10,13H,4-9H2,1-3H3. The lowest BCUT2D eigenvalue weighted by atomic mass is 10.1. The summed E-state index contributed by atoms with van der Waals surface area (Å²) < 4.78 is 1.09. The van der Waals surface area contributed by atoms with Crippen LogP contribution in [0.5, 0.6) is 0 Å². The molecule has 1 rings (SSSR count). The van der Waals surface area contributed by atoms with Gasteiger partial charge in [0.05, 0.1) is 0 Å². The molecule has 1 heterocycles. The van der Waals surface area contributed by atoms with Crippen LogP contribution in [-0.4, -0.2) is 28.5 Å². The third kappa shape index (κ3) is 7.01.